The topological polar surface area (TPSA) is 93.5 Å². The molecule has 1 aliphatic rings. The van der Waals surface area contributed by atoms with Crippen molar-refractivity contribution in [2.24, 2.45) is 0 Å². The minimum absolute atomic E-state index is 0.262. The lowest BCUT2D eigenvalue weighted by Crippen LogP contribution is -2.37. The lowest BCUT2D eigenvalue weighted by molar-refractivity contribution is -0.146. The number of ether oxygens (including phenoxy) is 1. The number of para-hydroxylation sites is 1. The molecular formula is C18H17ClN4O4. The molecule has 0 aliphatic carbocycles. The van der Waals surface area contributed by atoms with Crippen LogP contribution in [-0.2, 0) is 14.3 Å². The summed E-state index contributed by atoms with van der Waals surface area (Å²) in [6.07, 6.45) is 2.65. The van der Waals surface area contributed by atoms with E-state index < -0.39 is 24.5 Å². The molecule has 1 saturated heterocycles. The Bertz CT molecular complexity index is 908. The molecule has 0 radical (unpaired) electrons. The Labute approximate surface area is 160 Å². The van der Waals surface area contributed by atoms with Crippen LogP contribution in [0.3, 0.4) is 0 Å². The average molecular weight is 389 g/mol. The monoisotopic (exact) mass is 388 g/mol. The molecule has 0 spiro atoms. The summed E-state index contributed by atoms with van der Waals surface area (Å²) in [5.41, 5.74) is 2.00. The summed E-state index contributed by atoms with van der Waals surface area (Å²) in [7, 11) is 0. The van der Waals surface area contributed by atoms with Crippen molar-refractivity contribution >= 4 is 35.6 Å². The number of hydrogen-bond acceptors (Lipinski definition) is 5. The van der Waals surface area contributed by atoms with Gasteiger partial charge in [-0.2, -0.15) is 5.10 Å². The molecule has 2 aromatic rings. The predicted octanol–water partition coefficient (Wildman–Crippen LogP) is 1.94. The summed E-state index contributed by atoms with van der Waals surface area (Å²) in [6.45, 7) is 1.92. The fraction of sp³-hybridized carbons (Fsp3) is 0.222. The fourth-order valence-corrected chi connectivity index (χ4v) is 2.90. The molecule has 1 N–H and O–H groups in total. The van der Waals surface area contributed by atoms with E-state index in [4.69, 9.17) is 16.3 Å². The summed E-state index contributed by atoms with van der Waals surface area (Å²) in [4.78, 5) is 36.1. The molecular weight excluding hydrogens is 372 g/mol. The molecule has 1 aliphatic heterocycles. The predicted molar refractivity (Wildman–Crippen MR) is 98.4 cm³/mol. The van der Waals surface area contributed by atoms with E-state index in [0.717, 1.165) is 10.6 Å². The van der Waals surface area contributed by atoms with Crippen molar-refractivity contribution in [3.63, 3.8) is 0 Å². The highest BCUT2D eigenvalue weighted by Crippen LogP contribution is 2.24. The van der Waals surface area contributed by atoms with E-state index in [1.54, 1.807) is 11.6 Å². The molecule has 0 atom stereocenters. The average Bonchev–Trinajstić information content (AvgIpc) is 3.22. The largest absolute Gasteiger partial charge is 0.452 e. The molecule has 27 heavy (non-hydrogen) atoms. The van der Waals surface area contributed by atoms with Gasteiger partial charge in [0.1, 0.15) is 5.15 Å². The molecule has 2 heterocycles. The Morgan fingerprint density at radius 3 is 2.74 bits per heavy atom. The van der Waals surface area contributed by atoms with Crippen molar-refractivity contribution < 1.29 is 19.1 Å². The third kappa shape index (κ3) is 4.17. The third-order valence-corrected chi connectivity index (χ3v) is 4.29. The van der Waals surface area contributed by atoms with Gasteiger partial charge >= 0.3 is 12.0 Å². The zero-order chi connectivity index (χ0) is 19.4. The number of carbonyl (C=O) groups excluding carboxylic acids is 3. The van der Waals surface area contributed by atoms with Gasteiger partial charge in [-0.3, -0.25) is 9.69 Å². The number of aryl methyl sites for hydroxylation is 1. The number of aromatic nitrogens is 2. The second kappa shape index (κ2) is 8.05. The van der Waals surface area contributed by atoms with Gasteiger partial charge in [0.15, 0.2) is 6.61 Å². The molecule has 1 fully saturated rings. The van der Waals surface area contributed by atoms with Crippen molar-refractivity contribution in [2.75, 3.05) is 19.7 Å². The van der Waals surface area contributed by atoms with Gasteiger partial charge in [-0.05, 0) is 25.1 Å². The van der Waals surface area contributed by atoms with Gasteiger partial charge in [0, 0.05) is 24.7 Å². The summed E-state index contributed by atoms with van der Waals surface area (Å²) in [6, 6.07) is 8.86. The maximum Gasteiger partial charge on any atom is 0.331 e. The van der Waals surface area contributed by atoms with Gasteiger partial charge in [-0.15, -0.1) is 0 Å². The number of amides is 3. The first-order valence-electron chi connectivity index (χ1n) is 8.21. The van der Waals surface area contributed by atoms with Gasteiger partial charge in [0.25, 0.3) is 5.91 Å². The van der Waals surface area contributed by atoms with Gasteiger partial charge in [0.05, 0.1) is 11.4 Å². The molecule has 8 nitrogen and oxygen atoms in total. The number of benzene rings is 1. The standard InChI is InChI=1S/C18H17ClN4O4/c1-12-14(17(19)23(21-12)13-5-3-2-4-6-13)7-8-16(25)27-11-15(24)22-10-9-20-18(22)26/h2-8H,9-11H2,1H3,(H,20,26)/b8-7+. The fourth-order valence-electron chi connectivity index (χ4n) is 2.56. The lowest BCUT2D eigenvalue weighted by Gasteiger charge is -2.11. The minimum Gasteiger partial charge on any atom is -0.452 e. The molecule has 0 saturated carbocycles. The van der Waals surface area contributed by atoms with Gasteiger partial charge in [-0.25, -0.2) is 14.3 Å². The summed E-state index contributed by atoms with van der Waals surface area (Å²) >= 11 is 6.37. The van der Waals surface area contributed by atoms with Crippen LogP contribution in [0.2, 0.25) is 5.15 Å². The normalized spacial score (nSPS) is 13.9. The highest BCUT2D eigenvalue weighted by Gasteiger charge is 2.26. The Morgan fingerprint density at radius 2 is 2.07 bits per heavy atom. The number of rotatable bonds is 5. The Hall–Kier alpha value is -3.13. The van der Waals surface area contributed by atoms with E-state index in [0.29, 0.717) is 23.0 Å². The van der Waals surface area contributed by atoms with Crippen molar-refractivity contribution in [1.29, 1.82) is 0 Å². The SMILES string of the molecule is Cc1nn(-c2ccccc2)c(Cl)c1/C=C/C(=O)OCC(=O)N1CCNC1=O. The van der Waals surface area contributed by atoms with Crippen LogP contribution in [0.15, 0.2) is 36.4 Å². The number of esters is 1. The third-order valence-electron chi connectivity index (χ3n) is 3.93. The molecule has 0 unspecified atom stereocenters. The van der Waals surface area contributed by atoms with Crippen LogP contribution >= 0.6 is 11.6 Å². The van der Waals surface area contributed by atoms with E-state index in [2.05, 4.69) is 10.4 Å². The first-order chi connectivity index (χ1) is 13.0. The van der Waals surface area contributed by atoms with Crippen LogP contribution in [0.25, 0.3) is 11.8 Å². The maximum atomic E-state index is 11.9. The van der Waals surface area contributed by atoms with Crippen LogP contribution in [0.1, 0.15) is 11.3 Å². The number of nitrogens with one attached hydrogen (secondary N) is 1. The van der Waals surface area contributed by atoms with E-state index in [-0.39, 0.29) is 6.54 Å². The minimum atomic E-state index is -0.717. The van der Waals surface area contributed by atoms with Crippen LogP contribution in [0.5, 0.6) is 0 Å². The molecule has 9 heteroatoms. The van der Waals surface area contributed by atoms with E-state index in [1.165, 1.54) is 12.2 Å². The van der Waals surface area contributed by atoms with Crippen molar-refractivity contribution in [1.82, 2.24) is 20.0 Å². The van der Waals surface area contributed by atoms with Gasteiger partial charge in [-0.1, -0.05) is 29.8 Å². The van der Waals surface area contributed by atoms with E-state index >= 15 is 0 Å². The quantitative estimate of drug-likeness (QED) is 0.624. The summed E-state index contributed by atoms with van der Waals surface area (Å²) < 4.78 is 6.46. The second-order valence-corrected chi connectivity index (χ2v) is 6.11. The highest BCUT2D eigenvalue weighted by atomic mass is 35.5. The van der Waals surface area contributed by atoms with Crippen molar-refractivity contribution in [3.8, 4) is 5.69 Å². The lowest BCUT2D eigenvalue weighted by atomic mass is 10.2. The molecule has 0 bridgehead atoms. The number of halogens is 1. The Kier molecular flexibility index (Phi) is 5.56. The van der Waals surface area contributed by atoms with Crippen LogP contribution in [0.4, 0.5) is 4.79 Å². The van der Waals surface area contributed by atoms with Crippen LogP contribution in [-0.4, -0.2) is 52.3 Å². The summed E-state index contributed by atoms with van der Waals surface area (Å²) in [5, 5.41) is 7.22. The number of nitrogens with zero attached hydrogens (tertiary/aromatic N) is 3. The van der Waals surface area contributed by atoms with Crippen LogP contribution < -0.4 is 5.32 Å². The summed E-state index contributed by atoms with van der Waals surface area (Å²) in [5.74, 6) is -1.29. The number of urea groups is 1. The smallest absolute Gasteiger partial charge is 0.331 e. The Morgan fingerprint density at radius 1 is 1.33 bits per heavy atom. The van der Waals surface area contributed by atoms with Gasteiger partial charge in [0.2, 0.25) is 0 Å². The maximum absolute atomic E-state index is 11.9. The molecule has 3 rings (SSSR count). The van der Waals surface area contributed by atoms with Gasteiger partial charge < -0.3 is 10.1 Å². The molecule has 1 aromatic carbocycles. The molecule has 1 aromatic heterocycles. The van der Waals surface area contributed by atoms with Crippen molar-refractivity contribution in [2.45, 2.75) is 6.92 Å². The highest BCUT2D eigenvalue weighted by molar-refractivity contribution is 6.31. The zero-order valence-corrected chi connectivity index (χ0v) is 15.3. The Balaban J connectivity index is 1.64. The van der Waals surface area contributed by atoms with Crippen LogP contribution in [0, 0.1) is 6.92 Å². The zero-order valence-electron chi connectivity index (χ0n) is 14.5. The first-order valence-corrected chi connectivity index (χ1v) is 8.58. The van der Waals surface area contributed by atoms with E-state index in [1.807, 2.05) is 30.3 Å². The first kappa shape index (κ1) is 18.7. The molecule has 3 amide bonds. The van der Waals surface area contributed by atoms with Crippen molar-refractivity contribution in [3.05, 3.63) is 52.8 Å². The number of carbonyl (C=O) groups is 3. The second-order valence-electron chi connectivity index (χ2n) is 5.76. The van der Waals surface area contributed by atoms with E-state index in [9.17, 15) is 14.4 Å². The number of imide groups is 1. The molecule has 140 valence electrons. The number of hydrogen-bond donors (Lipinski definition) is 1.